The highest BCUT2D eigenvalue weighted by Crippen LogP contribution is 2.62. The quantitative estimate of drug-likeness (QED) is 0.0651. The number of hydrogen-bond donors (Lipinski definition) is 2. The van der Waals surface area contributed by atoms with Gasteiger partial charge in [-0.25, -0.2) is 4.79 Å². The third kappa shape index (κ3) is 9.96. The number of fused-ring (bicyclic) bond motifs is 2. The van der Waals surface area contributed by atoms with Crippen molar-refractivity contribution < 1.29 is 48.3 Å². The van der Waals surface area contributed by atoms with Gasteiger partial charge in [-0.1, -0.05) is 63.1 Å². The summed E-state index contributed by atoms with van der Waals surface area (Å²) >= 11 is 0. The highest BCUT2D eigenvalue weighted by atomic mass is 16.8. The Hall–Kier alpha value is -4.23. The van der Waals surface area contributed by atoms with Crippen LogP contribution in [0.15, 0.2) is 71.9 Å². The van der Waals surface area contributed by atoms with E-state index < -0.39 is 30.1 Å². The molecule has 2 aliphatic carbocycles. The second kappa shape index (κ2) is 19.7. The van der Waals surface area contributed by atoms with Gasteiger partial charge in [-0.15, -0.1) is 6.58 Å². The van der Waals surface area contributed by atoms with Crippen LogP contribution < -0.4 is 9.47 Å². The summed E-state index contributed by atoms with van der Waals surface area (Å²) in [5.74, 6) is -0.283. The number of carbonyl (C=O) groups is 2. The maximum Gasteiger partial charge on any atom is 0.410 e. The number of aliphatic hydroxyl groups excluding tert-OH is 2. The van der Waals surface area contributed by atoms with Gasteiger partial charge in [-0.05, 0) is 91.7 Å². The lowest BCUT2D eigenvalue weighted by Crippen LogP contribution is -2.69. The molecule has 2 aromatic carbocycles. The molecule has 1 saturated heterocycles. The molecule has 2 fully saturated rings. The van der Waals surface area contributed by atoms with Crippen molar-refractivity contribution in [2.75, 3.05) is 40.1 Å². The summed E-state index contributed by atoms with van der Waals surface area (Å²) in [6, 6.07) is 12.1. The lowest BCUT2D eigenvalue weighted by Gasteiger charge is -2.59. The minimum absolute atomic E-state index is 0.0442. The molecule has 12 nitrogen and oxygen atoms in total. The monoisotopic (exact) mass is 802 g/mol. The molecule has 2 aliphatic heterocycles. The lowest BCUT2D eigenvalue weighted by molar-refractivity contribution is -0.254. The number of oxime groups is 1. The van der Waals surface area contributed by atoms with Gasteiger partial charge in [-0.3, -0.25) is 4.79 Å². The average Bonchev–Trinajstić information content (AvgIpc) is 3.22. The Kier molecular flexibility index (Phi) is 14.7. The number of aldehydes is 1. The van der Waals surface area contributed by atoms with Crippen LogP contribution in [0.25, 0.3) is 0 Å². The van der Waals surface area contributed by atoms with E-state index in [-0.39, 0.29) is 56.0 Å². The first kappa shape index (κ1) is 43.4. The summed E-state index contributed by atoms with van der Waals surface area (Å²) in [4.78, 5) is 33.5. The van der Waals surface area contributed by atoms with Gasteiger partial charge < -0.3 is 43.6 Å². The Labute approximate surface area is 343 Å². The van der Waals surface area contributed by atoms with Crippen molar-refractivity contribution in [2.24, 2.45) is 28.3 Å². The van der Waals surface area contributed by atoms with Gasteiger partial charge in [0.2, 0.25) is 12.1 Å². The Morgan fingerprint density at radius 2 is 1.83 bits per heavy atom. The SMILES string of the molecule is C=CCOC12Oc3ccc(Oc4cccc(C=O)c4)cc3C3C(CCCCO)C(CCCCO)C=C(C(=NOC4CCCCO4)CC1N(C)C(=O)OCC(C)(C)C)C32. The van der Waals surface area contributed by atoms with Gasteiger partial charge >= 0.3 is 6.09 Å². The van der Waals surface area contributed by atoms with Crippen LogP contribution in [-0.2, 0) is 19.0 Å². The van der Waals surface area contributed by atoms with Crippen LogP contribution in [0.3, 0.4) is 0 Å². The summed E-state index contributed by atoms with van der Waals surface area (Å²) in [5, 5.41) is 24.6. The zero-order valence-corrected chi connectivity index (χ0v) is 34.6. The lowest BCUT2D eigenvalue weighted by atomic mass is 9.55. The number of aliphatic hydroxyl groups is 2. The van der Waals surface area contributed by atoms with E-state index in [9.17, 15) is 19.8 Å². The second-order valence-corrected chi connectivity index (χ2v) is 17.2. The average molecular weight is 803 g/mol. The number of ether oxygens (including phenoxy) is 5. The molecule has 6 rings (SSSR count). The summed E-state index contributed by atoms with van der Waals surface area (Å²) < 4.78 is 32.4. The highest BCUT2D eigenvalue weighted by Gasteiger charge is 2.65. The van der Waals surface area contributed by atoms with Crippen molar-refractivity contribution in [2.45, 2.75) is 109 Å². The molecular weight excluding hydrogens is 741 g/mol. The molecule has 0 radical (unpaired) electrons. The smallest absolute Gasteiger partial charge is 0.410 e. The fourth-order valence-corrected chi connectivity index (χ4v) is 9.00. The summed E-state index contributed by atoms with van der Waals surface area (Å²) in [5.41, 5.74) is 2.79. The van der Waals surface area contributed by atoms with Crippen molar-refractivity contribution in [3.63, 3.8) is 0 Å². The highest BCUT2D eigenvalue weighted by molar-refractivity contribution is 6.03. The van der Waals surface area contributed by atoms with E-state index in [0.29, 0.717) is 48.0 Å². The van der Waals surface area contributed by atoms with Crippen LogP contribution in [0.1, 0.15) is 107 Å². The molecule has 316 valence electrons. The predicted molar refractivity (Wildman–Crippen MR) is 220 cm³/mol. The standard InChI is InChI=1S/C46H62N2O10/c1-6-23-55-46-40(48(5)44(52)54-30-45(2,3)4)28-38(47-58-41-18-9-12-24-53-41)36-26-32(15-7-10-21-49)35(17-8-11-22-50)42(43(36)46)37-27-34(19-20-39(37)57-46)56-33-16-13-14-31(25-33)29-51/h6,13-14,16,19-20,25-27,29,32,35,40-43,49-50H,1,7-12,15,17-18,21-24,28,30H2,2-5H3. The van der Waals surface area contributed by atoms with Gasteiger partial charge in [-0.2, -0.15) is 0 Å². The Balaban J connectivity index is 1.55. The van der Waals surface area contributed by atoms with Crippen LogP contribution in [0.4, 0.5) is 4.79 Å². The maximum absolute atomic E-state index is 14.1. The van der Waals surface area contributed by atoms with Crippen molar-refractivity contribution in [1.29, 1.82) is 0 Å². The van der Waals surface area contributed by atoms with Crippen molar-refractivity contribution in [3.8, 4) is 17.2 Å². The molecule has 4 aliphatic rings. The summed E-state index contributed by atoms with van der Waals surface area (Å²) in [6.07, 6.45) is 11.3. The Morgan fingerprint density at radius 1 is 1.05 bits per heavy atom. The van der Waals surface area contributed by atoms with E-state index in [1.807, 2.05) is 45.0 Å². The molecule has 2 aromatic rings. The number of amides is 1. The molecule has 2 heterocycles. The number of nitrogens with zero attached hydrogens (tertiary/aromatic N) is 2. The van der Waals surface area contributed by atoms with Crippen molar-refractivity contribution >= 4 is 18.1 Å². The minimum atomic E-state index is -1.40. The second-order valence-electron chi connectivity index (χ2n) is 17.2. The number of benzene rings is 2. The van der Waals surface area contributed by atoms with E-state index in [1.165, 1.54) is 0 Å². The molecule has 12 heteroatoms. The predicted octanol–water partition coefficient (Wildman–Crippen LogP) is 8.57. The van der Waals surface area contributed by atoms with Crippen LogP contribution in [0.5, 0.6) is 17.2 Å². The number of allylic oxidation sites excluding steroid dienone is 1. The maximum atomic E-state index is 14.1. The normalized spacial score (nSPS) is 27.0. The Bertz CT molecular complexity index is 1780. The summed E-state index contributed by atoms with van der Waals surface area (Å²) in [6.45, 7) is 11.2. The Morgan fingerprint density at radius 3 is 2.53 bits per heavy atom. The van der Waals surface area contributed by atoms with Crippen LogP contribution in [0.2, 0.25) is 0 Å². The third-order valence-corrected chi connectivity index (χ3v) is 11.7. The molecule has 0 bridgehead atoms. The van der Waals surface area contributed by atoms with E-state index in [2.05, 4.69) is 12.7 Å². The zero-order chi connectivity index (χ0) is 41.3. The van der Waals surface area contributed by atoms with Gasteiger partial charge in [0.15, 0.2) is 0 Å². The molecule has 58 heavy (non-hydrogen) atoms. The number of hydrogen-bond acceptors (Lipinski definition) is 11. The van der Waals surface area contributed by atoms with E-state index in [0.717, 1.165) is 62.4 Å². The molecule has 1 amide bonds. The summed E-state index contributed by atoms with van der Waals surface area (Å²) in [7, 11) is 1.73. The largest absolute Gasteiger partial charge is 0.459 e. The molecule has 7 atom stereocenters. The van der Waals surface area contributed by atoms with Crippen molar-refractivity contribution in [1.82, 2.24) is 4.90 Å². The van der Waals surface area contributed by atoms with Gasteiger partial charge in [0, 0.05) is 50.1 Å². The van der Waals surface area contributed by atoms with E-state index in [4.69, 9.17) is 33.7 Å². The molecule has 7 unspecified atom stereocenters. The van der Waals surface area contributed by atoms with Gasteiger partial charge in [0.25, 0.3) is 0 Å². The number of unbranched alkanes of at least 4 members (excludes halogenated alkanes) is 2. The third-order valence-electron chi connectivity index (χ3n) is 11.7. The first-order chi connectivity index (χ1) is 28.0. The molecule has 2 N–H and O–H groups in total. The van der Waals surface area contributed by atoms with Crippen LogP contribution in [-0.4, -0.2) is 91.4 Å². The molecule has 0 aromatic heterocycles. The molecular formula is C46H62N2O10. The van der Waals surface area contributed by atoms with E-state index >= 15 is 0 Å². The molecule has 0 spiro atoms. The number of likely N-dealkylation sites (N-methyl/N-ethyl adjacent to an activating group) is 1. The topological polar surface area (TPSA) is 146 Å². The van der Waals surface area contributed by atoms with Crippen molar-refractivity contribution in [3.05, 3.63) is 77.9 Å². The number of rotatable bonds is 18. The van der Waals surface area contributed by atoms with Gasteiger partial charge in [0.1, 0.15) is 29.6 Å². The fraction of sp³-hybridized carbons (Fsp3) is 0.587. The zero-order valence-electron chi connectivity index (χ0n) is 34.6. The van der Waals surface area contributed by atoms with Crippen LogP contribution >= 0.6 is 0 Å². The first-order valence-electron chi connectivity index (χ1n) is 21.0. The number of carbonyl (C=O) groups excluding carboxylic acids is 2. The first-order valence-corrected chi connectivity index (χ1v) is 21.0. The minimum Gasteiger partial charge on any atom is -0.459 e. The van der Waals surface area contributed by atoms with E-state index in [1.54, 1.807) is 36.2 Å². The fourth-order valence-electron chi connectivity index (χ4n) is 9.00. The van der Waals surface area contributed by atoms with Crippen LogP contribution in [0, 0.1) is 23.2 Å². The van der Waals surface area contributed by atoms with Gasteiger partial charge in [0.05, 0.1) is 31.5 Å². The molecule has 1 saturated carbocycles.